The van der Waals surface area contributed by atoms with Gasteiger partial charge in [-0.15, -0.1) is 0 Å². The molecule has 2 heteroatoms. The second-order valence-corrected chi connectivity index (χ2v) is 6.26. The Balaban J connectivity index is 2.09. The van der Waals surface area contributed by atoms with Crippen molar-refractivity contribution in [2.24, 2.45) is 5.92 Å². The largest absolute Gasteiger partial charge is 0.382 e. The molecule has 17 heavy (non-hydrogen) atoms. The molecule has 0 radical (unpaired) electrons. The van der Waals surface area contributed by atoms with Gasteiger partial charge in [0.2, 0.25) is 0 Å². The van der Waals surface area contributed by atoms with Gasteiger partial charge in [-0.05, 0) is 62.3 Å². The summed E-state index contributed by atoms with van der Waals surface area (Å²) in [5.74, 6) is 0.934. The predicted molar refractivity (Wildman–Crippen MR) is 78.7 cm³/mol. The van der Waals surface area contributed by atoms with E-state index in [1.165, 1.54) is 47.0 Å². The SMILES string of the molecule is CCC1CCC(Nc2c(C)cc(Br)cc2C)C1. The van der Waals surface area contributed by atoms with Crippen LogP contribution in [0, 0.1) is 19.8 Å². The molecular formula is C15H22BrN. The third-order valence-electron chi connectivity index (χ3n) is 3.96. The first-order chi connectivity index (χ1) is 8.10. The van der Waals surface area contributed by atoms with Gasteiger partial charge in [0.05, 0.1) is 0 Å². The van der Waals surface area contributed by atoms with Gasteiger partial charge in [0.1, 0.15) is 0 Å². The van der Waals surface area contributed by atoms with Crippen molar-refractivity contribution in [2.75, 3.05) is 5.32 Å². The van der Waals surface area contributed by atoms with E-state index in [0.29, 0.717) is 6.04 Å². The molecule has 0 heterocycles. The lowest BCUT2D eigenvalue weighted by Crippen LogP contribution is -2.17. The fourth-order valence-electron chi connectivity index (χ4n) is 2.92. The molecule has 94 valence electrons. The minimum absolute atomic E-state index is 0.679. The van der Waals surface area contributed by atoms with E-state index in [1.807, 2.05) is 0 Å². The summed E-state index contributed by atoms with van der Waals surface area (Å²) < 4.78 is 1.18. The Labute approximate surface area is 113 Å². The lowest BCUT2D eigenvalue weighted by Gasteiger charge is -2.19. The highest BCUT2D eigenvalue weighted by Gasteiger charge is 2.23. The van der Waals surface area contributed by atoms with Crippen LogP contribution >= 0.6 is 15.9 Å². The summed E-state index contributed by atoms with van der Waals surface area (Å²) in [7, 11) is 0. The van der Waals surface area contributed by atoms with Gasteiger partial charge in [0.15, 0.2) is 0 Å². The van der Waals surface area contributed by atoms with Crippen molar-refractivity contribution in [3.8, 4) is 0 Å². The van der Waals surface area contributed by atoms with Crippen molar-refractivity contribution < 1.29 is 0 Å². The summed E-state index contributed by atoms with van der Waals surface area (Å²) in [5, 5.41) is 3.75. The maximum atomic E-state index is 3.75. The molecule has 2 atom stereocenters. The topological polar surface area (TPSA) is 12.0 Å². The molecule has 0 bridgehead atoms. The van der Waals surface area contributed by atoms with Crippen LogP contribution in [-0.4, -0.2) is 6.04 Å². The van der Waals surface area contributed by atoms with Crippen molar-refractivity contribution in [2.45, 2.75) is 52.5 Å². The molecular weight excluding hydrogens is 274 g/mol. The molecule has 1 nitrogen and oxygen atoms in total. The molecule has 1 saturated carbocycles. The van der Waals surface area contributed by atoms with Gasteiger partial charge >= 0.3 is 0 Å². The molecule has 0 amide bonds. The van der Waals surface area contributed by atoms with Crippen LogP contribution in [0.2, 0.25) is 0 Å². The standard InChI is InChI=1S/C15H22BrN/c1-4-12-5-6-14(9-12)17-15-10(2)7-13(16)8-11(15)3/h7-8,12,14,17H,4-6,9H2,1-3H3. The van der Waals surface area contributed by atoms with Crippen LogP contribution in [0.25, 0.3) is 0 Å². The maximum absolute atomic E-state index is 3.75. The molecule has 0 aromatic heterocycles. The monoisotopic (exact) mass is 295 g/mol. The summed E-state index contributed by atoms with van der Waals surface area (Å²) in [6, 6.07) is 5.07. The summed E-state index contributed by atoms with van der Waals surface area (Å²) >= 11 is 3.55. The summed E-state index contributed by atoms with van der Waals surface area (Å²) in [6.07, 6.45) is 5.39. The van der Waals surface area contributed by atoms with Crippen LogP contribution in [0.1, 0.15) is 43.7 Å². The Morgan fingerprint density at radius 2 is 1.88 bits per heavy atom. The van der Waals surface area contributed by atoms with Crippen molar-refractivity contribution in [3.05, 3.63) is 27.7 Å². The molecule has 1 N–H and O–H groups in total. The predicted octanol–water partition coefficient (Wildman–Crippen LogP) is 5.06. The van der Waals surface area contributed by atoms with E-state index in [-0.39, 0.29) is 0 Å². The molecule has 1 aromatic carbocycles. The van der Waals surface area contributed by atoms with Crippen molar-refractivity contribution in [1.82, 2.24) is 0 Å². The Bertz CT molecular complexity index is 377. The van der Waals surface area contributed by atoms with E-state index >= 15 is 0 Å². The average Bonchev–Trinajstić information content (AvgIpc) is 2.71. The highest BCUT2D eigenvalue weighted by atomic mass is 79.9. The van der Waals surface area contributed by atoms with Crippen LogP contribution in [0.15, 0.2) is 16.6 Å². The Hall–Kier alpha value is -0.500. The number of hydrogen-bond donors (Lipinski definition) is 1. The van der Waals surface area contributed by atoms with Gasteiger partial charge in [-0.1, -0.05) is 29.3 Å². The highest BCUT2D eigenvalue weighted by molar-refractivity contribution is 9.10. The van der Waals surface area contributed by atoms with E-state index in [2.05, 4.69) is 54.2 Å². The van der Waals surface area contributed by atoms with E-state index in [9.17, 15) is 0 Å². The van der Waals surface area contributed by atoms with Gasteiger partial charge in [0, 0.05) is 16.2 Å². The summed E-state index contributed by atoms with van der Waals surface area (Å²) in [5.41, 5.74) is 4.03. The number of anilines is 1. The molecule has 0 spiro atoms. The number of nitrogens with one attached hydrogen (secondary N) is 1. The molecule has 1 aromatic rings. The molecule has 0 aliphatic heterocycles. The van der Waals surface area contributed by atoms with Crippen molar-refractivity contribution in [3.63, 3.8) is 0 Å². The minimum Gasteiger partial charge on any atom is -0.382 e. The first-order valence-electron chi connectivity index (χ1n) is 6.63. The average molecular weight is 296 g/mol. The quantitative estimate of drug-likeness (QED) is 0.822. The summed E-state index contributed by atoms with van der Waals surface area (Å²) in [6.45, 7) is 6.68. The molecule has 1 aliphatic rings. The van der Waals surface area contributed by atoms with Gasteiger partial charge in [-0.2, -0.15) is 0 Å². The van der Waals surface area contributed by atoms with Crippen LogP contribution in [-0.2, 0) is 0 Å². The minimum atomic E-state index is 0.679. The fraction of sp³-hybridized carbons (Fsp3) is 0.600. The van der Waals surface area contributed by atoms with E-state index < -0.39 is 0 Å². The lowest BCUT2D eigenvalue weighted by molar-refractivity contribution is 0.525. The molecule has 1 aliphatic carbocycles. The first kappa shape index (κ1) is 12.9. The second-order valence-electron chi connectivity index (χ2n) is 5.34. The number of hydrogen-bond acceptors (Lipinski definition) is 1. The van der Waals surface area contributed by atoms with Gasteiger partial charge < -0.3 is 5.32 Å². The fourth-order valence-corrected chi connectivity index (χ4v) is 3.61. The van der Waals surface area contributed by atoms with Crippen LogP contribution in [0.5, 0.6) is 0 Å². The number of aryl methyl sites for hydroxylation is 2. The number of halogens is 1. The van der Waals surface area contributed by atoms with Gasteiger partial charge in [-0.3, -0.25) is 0 Å². The van der Waals surface area contributed by atoms with Crippen LogP contribution in [0.3, 0.4) is 0 Å². The van der Waals surface area contributed by atoms with E-state index in [0.717, 1.165) is 5.92 Å². The van der Waals surface area contributed by atoms with Gasteiger partial charge in [-0.25, -0.2) is 0 Å². The molecule has 2 unspecified atom stereocenters. The maximum Gasteiger partial charge on any atom is 0.0402 e. The third-order valence-corrected chi connectivity index (χ3v) is 4.42. The molecule has 2 rings (SSSR count). The third kappa shape index (κ3) is 3.04. The van der Waals surface area contributed by atoms with Crippen LogP contribution in [0.4, 0.5) is 5.69 Å². The van der Waals surface area contributed by atoms with Crippen molar-refractivity contribution >= 4 is 21.6 Å². The first-order valence-corrected chi connectivity index (χ1v) is 7.42. The Morgan fingerprint density at radius 1 is 1.24 bits per heavy atom. The highest BCUT2D eigenvalue weighted by Crippen LogP contribution is 2.32. The zero-order chi connectivity index (χ0) is 12.4. The zero-order valence-electron chi connectivity index (χ0n) is 11.0. The Morgan fingerprint density at radius 3 is 2.41 bits per heavy atom. The van der Waals surface area contributed by atoms with E-state index in [4.69, 9.17) is 0 Å². The summed E-state index contributed by atoms with van der Waals surface area (Å²) in [4.78, 5) is 0. The normalized spacial score (nSPS) is 24.0. The van der Waals surface area contributed by atoms with Crippen LogP contribution < -0.4 is 5.32 Å². The van der Waals surface area contributed by atoms with Gasteiger partial charge in [0.25, 0.3) is 0 Å². The zero-order valence-corrected chi connectivity index (χ0v) is 12.6. The Kier molecular flexibility index (Phi) is 4.13. The lowest BCUT2D eigenvalue weighted by atomic mass is 10.0. The van der Waals surface area contributed by atoms with E-state index in [1.54, 1.807) is 0 Å². The number of rotatable bonds is 3. The second kappa shape index (κ2) is 5.43. The van der Waals surface area contributed by atoms with Crippen molar-refractivity contribution in [1.29, 1.82) is 0 Å². The molecule has 1 fully saturated rings. The molecule has 0 saturated heterocycles. The smallest absolute Gasteiger partial charge is 0.0402 e. The number of benzene rings is 1.